The Morgan fingerprint density at radius 3 is 1.50 bits per heavy atom. The lowest BCUT2D eigenvalue weighted by Crippen LogP contribution is -1.87. The van der Waals surface area contributed by atoms with Gasteiger partial charge in [-0.3, -0.25) is 0 Å². The Labute approximate surface area is 36.1 Å². The van der Waals surface area contributed by atoms with Crippen LogP contribution < -0.4 is 5.73 Å². The van der Waals surface area contributed by atoms with Crippen molar-refractivity contribution in [2.45, 2.75) is 6.92 Å². The van der Waals surface area contributed by atoms with Crippen molar-refractivity contribution in [2.24, 2.45) is 5.73 Å². The van der Waals surface area contributed by atoms with E-state index in [0.717, 1.165) is 6.54 Å². The van der Waals surface area contributed by atoms with Gasteiger partial charge < -0.3 is 5.73 Å². The second-order valence-corrected chi connectivity index (χ2v) is 0.509. The van der Waals surface area contributed by atoms with Crippen molar-refractivity contribution in [3.8, 4) is 0 Å². The largest absolute Gasteiger partial charge is 0.331 e. The van der Waals surface area contributed by atoms with Crippen LogP contribution in [0.2, 0.25) is 0 Å². The molecule has 0 rings (SSSR count). The summed E-state index contributed by atoms with van der Waals surface area (Å²) in [4.78, 5) is 0. The first-order valence-electron chi connectivity index (χ1n) is 1.65. The van der Waals surface area contributed by atoms with E-state index in [1.165, 1.54) is 0 Å². The van der Waals surface area contributed by atoms with Crippen LogP contribution in [0.25, 0.3) is 0 Å². The molecule has 3 heteroatoms. The second kappa shape index (κ2) is 21.2. The normalized spacial score (nSPS) is 6.00. The fourth-order valence-corrected chi connectivity index (χ4v) is 0. The van der Waals surface area contributed by atoms with Crippen LogP contribution in [0.3, 0.4) is 0 Å². The van der Waals surface area contributed by atoms with E-state index in [0.29, 0.717) is 0 Å². The third-order valence-electron chi connectivity index (χ3n) is 0. The summed E-state index contributed by atoms with van der Waals surface area (Å²) in [5.74, 6) is 0. The summed E-state index contributed by atoms with van der Waals surface area (Å²) in [6.45, 7) is 0.903. The Kier molecular flexibility index (Phi) is 32.8. The fraction of sp³-hybridized carbons (Fsp3) is 1.00. The summed E-state index contributed by atoms with van der Waals surface area (Å²) in [6.07, 6.45) is 0. The molecular formula is C3H9F2N. The van der Waals surface area contributed by atoms with Crippen LogP contribution in [0.5, 0.6) is 0 Å². The van der Waals surface area contributed by atoms with Crippen molar-refractivity contribution in [1.29, 1.82) is 0 Å². The van der Waals surface area contributed by atoms with Gasteiger partial charge >= 0.3 is 0 Å². The lowest BCUT2D eigenvalue weighted by Gasteiger charge is -1.53. The molecule has 0 aromatic rings. The number of halogens is 2. The molecule has 1 nitrogen and oxygen atoms in total. The highest BCUT2D eigenvalue weighted by molar-refractivity contribution is 4.00. The standard InChI is InChI=1S/C2H7N.CH2F2/c1-2-3;2-1-3/h2-3H2,1H3;1H2. The van der Waals surface area contributed by atoms with Gasteiger partial charge in [0.1, 0.15) is 0 Å². The summed E-state index contributed by atoms with van der Waals surface area (Å²) in [7, 11) is 0. The summed E-state index contributed by atoms with van der Waals surface area (Å²) in [6, 6.07) is 0. The average Bonchev–Trinajstić information content (AvgIpc) is 1.39. The molecule has 0 aromatic heterocycles. The molecular weight excluding hydrogens is 88.0 g/mol. The predicted molar refractivity (Wildman–Crippen MR) is 21.8 cm³/mol. The predicted octanol–water partition coefficient (Wildman–Crippen LogP) is 0.848. The van der Waals surface area contributed by atoms with Crippen LogP contribution in [0.4, 0.5) is 8.78 Å². The quantitative estimate of drug-likeness (QED) is 0.476. The molecule has 6 heavy (non-hydrogen) atoms. The van der Waals surface area contributed by atoms with Crippen LogP contribution in [-0.4, -0.2) is 13.5 Å². The molecule has 0 aliphatic carbocycles. The summed E-state index contributed by atoms with van der Waals surface area (Å²) in [5.41, 5.74) is 4.85. The SMILES string of the molecule is CCN.FCF. The Morgan fingerprint density at radius 2 is 1.50 bits per heavy atom. The third-order valence-corrected chi connectivity index (χ3v) is 0. The van der Waals surface area contributed by atoms with Gasteiger partial charge in [-0.25, -0.2) is 8.78 Å². The summed E-state index contributed by atoms with van der Waals surface area (Å²) < 4.78 is 19.2. The number of rotatable bonds is 0. The molecule has 0 atom stereocenters. The minimum Gasteiger partial charge on any atom is -0.331 e. The lowest BCUT2D eigenvalue weighted by molar-refractivity contribution is 0.295. The van der Waals surface area contributed by atoms with E-state index in [2.05, 4.69) is 0 Å². The first-order chi connectivity index (χ1) is 2.83. The minimum atomic E-state index is -1.75. The molecule has 0 radical (unpaired) electrons. The highest BCUT2D eigenvalue weighted by atomic mass is 19.3. The van der Waals surface area contributed by atoms with Gasteiger partial charge in [0.05, 0.1) is 0 Å². The molecule has 0 fully saturated rings. The van der Waals surface area contributed by atoms with Crippen LogP contribution >= 0.6 is 0 Å². The molecule has 0 aliphatic heterocycles. The molecule has 0 aromatic carbocycles. The lowest BCUT2D eigenvalue weighted by atomic mass is 10.8. The van der Waals surface area contributed by atoms with Gasteiger partial charge in [0.15, 0.2) is 0 Å². The number of alkyl halides is 2. The molecule has 2 N–H and O–H groups in total. The van der Waals surface area contributed by atoms with Gasteiger partial charge in [0.25, 0.3) is 0 Å². The summed E-state index contributed by atoms with van der Waals surface area (Å²) in [5, 5.41) is 0. The number of hydrogen-bond acceptors (Lipinski definition) is 1. The van der Waals surface area contributed by atoms with Crippen molar-refractivity contribution in [3.05, 3.63) is 0 Å². The first-order valence-corrected chi connectivity index (χ1v) is 1.65. The highest BCUT2D eigenvalue weighted by Crippen LogP contribution is 1.56. The maximum atomic E-state index is 9.62. The second-order valence-electron chi connectivity index (χ2n) is 0.509. The van der Waals surface area contributed by atoms with Gasteiger partial charge in [-0.1, -0.05) is 6.92 Å². The summed E-state index contributed by atoms with van der Waals surface area (Å²) >= 11 is 0. The Morgan fingerprint density at radius 1 is 1.50 bits per heavy atom. The molecule has 0 heterocycles. The molecule has 0 aliphatic rings. The molecule has 0 bridgehead atoms. The monoisotopic (exact) mass is 97.1 g/mol. The maximum absolute atomic E-state index is 9.62. The zero-order chi connectivity index (χ0) is 5.41. The van der Waals surface area contributed by atoms with Crippen molar-refractivity contribution < 1.29 is 8.78 Å². The first kappa shape index (κ1) is 9.27. The van der Waals surface area contributed by atoms with E-state index in [1.807, 2.05) is 6.92 Å². The van der Waals surface area contributed by atoms with Crippen LogP contribution in [-0.2, 0) is 0 Å². The topological polar surface area (TPSA) is 26.0 Å². The molecule has 0 saturated carbocycles. The van der Waals surface area contributed by atoms with Gasteiger partial charge in [0, 0.05) is 0 Å². The average molecular weight is 97.1 g/mol. The van der Waals surface area contributed by atoms with Crippen LogP contribution in [0.15, 0.2) is 0 Å². The fourth-order valence-electron chi connectivity index (χ4n) is 0. The van der Waals surface area contributed by atoms with E-state index in [9.17, 15) is 8.78 Å². The third kappa shape index (κ3) is 938. The molecule has 40 valence electrons. The zero-order valence-corrected chi connectivity index (χ0v) is 3.75. The van der Waals surface area contributed by atoms with E-state index < -0.39 is 6.93 Å². The van der Waals surface area contributed by atoms with Crippen LogP contribution in [0.1, 0.15) is 6.92 Å². The smallest absolute Gasteiger partial charge is 0.229 e. The maximum Gasteiger partial charge on any atom is 0.229 e. The molecule has 0 saturated heterocycles. The number of hydrogen-bond donors (Lipinski definition) is 1. The van der Waals surface area contributed by atoms with Gasteiger partial charge in [-0.2, -0.15) is 0 Å². The van der Waals surface area contributed by atoms with Crippen molar-refractivity contribution in [1.82, 2.24) is 0 Å². The molecule has 0 unspecified atom stereocenters. The zero-order valence-electron chi connectivity index (χ0n) is 3.75. The Bertz CT molecular complexity index is 10.8. The van der Waals surface area contributed by atoms with E-state index >= 15 is 0 Å². The van der Waals surface area contributed by atoms with Crippen molar-refractivity contribution in [2.75, 3.05) is 13.5 Å². The van der Waals surface area contributed by atoms with Crippen molar-refractivity contribution in [3.63, 3.8) is 0 Å². The van der Waals surface area contributed by atoms with Crippen molar-refractivity contribution >= 4 is 0 Å². The highest BCUT2D eigenvalue weighted by Gasteiger charge is 1.44. The molecule has 0 amide bonds. The Hall–Kier alpha value is -0.180. The van der Waals surface area contributed by atoms with Gasteiger partial charge in [0.2, 0.25) is 6.93 Å². The van der Waals surface area contributed by atoms with Gasteiger partial charge in [-0.05, 0) is 6.54 Å². The van der Waals surface area contributed by atoms with E-state index in [4.69, 9.17) is 5.73 Å². The van der Waals surface area contributed by atoms with Crippen LogP contribution in [0, 0.1) is 0 Å². The van der Waals surface area contributed by atoms with E-state index in [-0.39, 0.29) is 0 Å². The minimum absolute atomic E-state index is 0.750. The number of nitrogens with two attached hydrogens (primary N) is 1. The molecule has 0 spiro atoms. The Balaban J connectivity index is 0. The van der Waals surface area contributed by atoms with E-state index in [1.54, 1.807) is 0 Å². The van der Waals surface area contributed by atoms with Gasteiger partial charge in [-0.15, -0.1) is 0 Å².